The Labute approximate surface area is 189 Å². The van der Waals surface area contributed by atoms with Gasteiger partial charge in [0.2, 0.25) is 0 Å². The van der Waals surface area contributed by atoms with Crippen molar-refractivity contribution in [3.63, 3.8) is 0 Å². The number of hydrogen-bond donors (Lipinski definition) is 2. The molecule has 2 fully saturated rings. The molecule has 2 bridgehead atoms. The van der Waals surface area contributed by atoms with Crippen LogP contribution in [-0.2, 0) is 11.4 Å². The lowest BCUT2D eigenvalue weighted by Crippen LogP contribution is -2.39. The molecule has 1 saturated heterocycles. The second-order valence-electron chi connectivity index (χ2n) is 10.9. The maximum absolute atomic E-state index is 12.5. The summed E-state index contributed by atoms with van der Waals surface area (Å²) in [5.74, 6) is -0.00261. The van der Waals surface area contributed by atoms with E-state index in [0.29, 0.717) is 12.6 Å². The van der Waals surface area contributed by atoms with E-state index < -0.39 is 12.0 Å². The lowest BCUT2D eigenvalue weighted by molar-refractivity contribution is -0.144. The molecule has 5 nitrogen and oxygen atoms in total. The summed E-state index contributed by atoms with van der Waals surface area (Å²) in [6.45, 7) is 8.30. The van der Waals surface area contributed by atoms with Crippen molar-refractivity contribution in [3.05, 3.63) is 65.9 Å². The Bertz CT molecular complexity index is 1140. The number of aromatic nitrogens is 1. The molecule has 2 N–H and O–H groups in total. The Morgan fingerprint density at radius 1 is 1.19 bits per heavy atom. The van der Waals surface area contributed by atoms with Crippen LogP contribution in [0.5, 0.6) is 5.75 Å². The van der Waals surface area contributed by atoms with E-state index in [9.17, 15) is 9.90 Å². The summed E-state index contributed by atoms with van der Waals surface area (Å²) in [4.78, 5) is 18.1. The molecule has 2 aromatic carbocycles. The Kier molecular flexibility index (Phi) is 5.05. The quantitative estimate of drug-likeness (QED) is 0.519. The van der Waals surface area contributed by atoms with Crippen LogP contribution in [-0.4, -0.2) is 33.5 Å². The normalized spacial score (nSPS) is 25.7. The maximum atomic E-state index is 12.5. The lowest BCUT2D eigenvalue weighted by Gasteiger charge is -2.40. The monoisotopic (exact) mass is 432 g/mol. The summed E-state index contributed by atoms with van der Waals surface area (Å²) in [6.07, 6.45) is 5.15. The van der Waals surface area contributed by atoms with Gasteiger partial charge in [-0.3, -0.25) is 9.69 Å². The lowest BCUT2D eigenvalue weighted by atomic mass is 9.65. The minimum atomic E-state index is -0.774. The second-order valence-corrected chi connectivity index (χ2v) is 10.9. The van der Waals surface area contributed by atoms with Crippen molar-refractivity contribution in [2.75, 3.05) is 6.54 Å². The molecule has 3 unspecified atom stereocenters. The number of aliphatic carboxylic acids is 1. The molecule has 2 heterocycles. The Hall–Kier alpha value is -2.79. The first-order valence-electron chi connectivity index (χ1n) is 11.5. The molecular weight excluding hydrogens is 400 g/mol. The number of fused-ring (bicyclic) bond motifs is 3. The van der Waals surface area contributed by atoms with Crippen molar-refractivity contribution >= 4 is 16.9 Å². The Morgan fingerprint density at radius 3 is 2.72 bits per heavy atom. The van der Waals surface area contributed by atoms with Gasteiger partial charge in [-0.15, -0.1) is 0 Å². The topological polar surface area (TPSA) is 65.6 Å². The smallest absolute Gasteiger partial charge is 0.325 e. The molecule has 168 valence electrons. The minimum absolute atomic E-state index is 0.185. The predicted molar refractivity (Wildman–Crippen MR) is 126 cm³/mol. The van der Waals surface area contributed by atoms with Gasteiger partial charge in [-0.05, 0) is 47.8 Å². The number of likely N-dealkylation sites (tertiary alicyclic amines) is 1. The molecule has 1 aliphatic carbocycles. The Morgan fingerprint density at radius 2 is 1.97 bits per heavy atom. The Balaban J connectivity index is 1.42. The van der Waals surface area contributed by atoms with Gasteiger partial charge in [0.25, 0.3) is 0 Å². The number of ether oxygens (including phenoxy) is 1. The van der Waals surface area contributed by atoms with Crippen molar-refractivity contribution in [1.82, 2.24) is 9.88 Å². The number of carboxylic acid groups (broad SMARTS) is 1. The van der Waals surface area contributed by atoms with Gasteiger partial charge in [0.1, 0.15) is 18.4 Å². The summed E-state index contributed by atoms with van der Waals surface area (Å²) in [7, 11) is 0. The zero-order chi connectivity index (χ0) is 22.5. The van der Waals surface area contributed by atoms with Crippen LogP contribution in [0.2, 0.25) is 0 Å². The zero-order valence-corrected chi connectivity index (χ0v) is 19.1. The highest BCUT2D eigenvalue weighted by atomic mass is 16.5. The van der Waals surface area contributed by atoms with E-state index in [1.807, 2.05) is 54.7 Å². The van der Waals surface area contributed by atoms with E-state index in [4.69, 9.17) is 4.74 Å². The van der Waals surface area contributed by atoms with E-state index in [2.05, 4.69) is 30.7 Å². The van der Waals surface area contributed by atoms with Crippen molar-refractivity contribution in [3.8, 4) is 5.75 Å². The maximum Gasteiger partial charge on any atom is 0.325 e. The first-order valence-corrected chi connectivity index (χ1v) is 11.5. The van der Waals surface area contributed by atoms with Gasteiger partial charge in [0.05, 0.1) is 0 Å². The van der Waals surface area contributed by atoms with Crippen molar-refractivity contribution in [2.24, 2.45) is 10.8 Å². The highest BCUT2D eigenvalue weighted by molar-refractivity contribution is 5.90. The highest BCUT2D eigenvalue weighted by Gasteiger charge is 2.52. The largest absolute Gasteiger partial charge is 0.489 e. The van der Waals surface area contributed by atoms with Gasteiger partial charge >= 0.3 is 5.97 Å². The fraction of sp³-hybridized carbons (Fsp3) is 0.444. The molecule has 0 amide bonds. The first-order chi connectivity index (χ1) is 15.2. The van der Waals surface area contributed by atoms with Crippen LogP contribution in [0.1, 0.15) is 57.2 Å². The number of nitrogens with zero attached hydrogens (tertiary/aromatic N) is 1. The number of carbonyl (C=O) groups is 1. The molecule has 3 atom stereocenters. The van der Waals surface area contributed by atoms with Crippen LogP contribution in [0.4, 0.5) is 0 Å². The van der Waals surface area contributed by atoms with E-state index >= 15 is 0 Å². The predicted octanol–water partition coefficient (Wildman–Crippen LogP) is 5.77. The number of carboxylic acids is 1. The fourth-order valence-electron chi connectivity index (χ4n) is 6.44. The summed E-state index contributed by atoms with van der Waals surface area (Å²) in [5.41, 5.74) is 3.30. The van der Waals surface area contributed by atoms with Gasteiger partial charge in [-0.2, -0.15) is 0 Å². The van der Waals surface area contributed by atoms with Crippen LogP contribution < -0.4 is 4.74 Å². The van der Waals surface area contributed by atoms with E-state index in [1.54, 1.807) is 0 Å². The molecule has 1 aliphatic heterocycles. The third-order valence-electron chi connectivity index (χ3n) is 7.25. The van der Waals surface area contributed by atoms with Gasteiger partial charge < -0.3 is 14.8 Å². The molecular formula is C27H32N2O3. The molecule has 5 heteroatoms. The van der Waals surface area contributed by atoms with Crippen molar-refractivity contribution < 1.29 is 14.6 Å². The van der Waals surface area contributed by atoms with Crippen molar-refractivity contribution in [1.29, 1.82) is 0 Å². The third-order valence-corrected chi connectivity index (χ3v) is 7.25. The highest BCUT2D eigenvalue weighted by Crippen LogP contribution is 2.54. The third kappa shape index (κ3) is 3.90. The molecule has 0 spiro atoms. The van der Waals surface area contributed by atoms with E-state index in [0.717, 1.165) is 53.6 Å². The van der Waals surface area contributed by atoms with Crippen molar-refractivity contribution in [2.45, 2.75) is 58.7 Å². The zero-order valence-electron chi connectivity index (χ0n) is 19.1. The summed E-state index contributed by atoms with van der Waals surface area (Å²) in [5, 5.41) is 11.2. The number of aromatic amines is 1. The minimum Gasteiger partial charge on any atom is -0.489 e. The molecule has 1 saturated carbocycles. The summed E-state index contributed by atoms with van der Waals surface area (Å²) >= 11 is 0. The van der Waals surface area contributed by atoms with Gasteiger partial charge in [-0.1, -0.05) is 51.1 Å². The van der Waals surface area contributed by atoms with Gasteiger partial charge in [0, 0.05) is 41.3 Å². The van der Waals surface area contributed by atoms with Crippen LogP contribution in [0, 0.1) is 10.8 Å². The number of nitrogens with one attached hydrogen (secondary N) is 1. The van der Waals surface area contributed by atoms with Crippen LogP contribution in [0.3, 0.4) is 0 Å². The average molecular weight is 433 g/mol. The number of rotatable bonds is 6. The van der Waals surface area contributed by atoms with Gasteiger partial charge in [0.15, 0.2) is 0 Å². The van der Waals surface area contributed by atoms with Crippen LogP contribution in [0.15, 0.2) is 54.7 Å². The summed E-state index contributed by atoms with van der Waals surface area (Å²) < 4.78 is 5.96. The first kappa shape index (κ1) is 21.1. The molecule has 32 heavy (non-hydrogen) atoms. The number of benzene rings is 2. The molecule has 0 radical (unpaired) electrons. The molecule has 5 rings (SSSR count). The fourth-order valence-corrected chi connectivity index (χ4v) is 6.44. The standard InChI is InChI=1S/C27H32N2O3/c1-26(2)12-19-13-27(3,16-26)17-29(19)24(25(30)31)22-14-28-23-11-20(9-10-21(22)23)32-15-18-7-5-4-6-8-18/h4-11,14,19,24,28H,12-13,15-17H2,1-3H3,(H,30,31). The molecule has 2 aliphatic rings. The van der Waals surface area contributed by atoms with E-state index in [1.165, 1.54) is 0 Å². The second kappa shape index (κ2) is 7.66. The van der Waals surface area contributed by atoms with Crippen LogP contribution in [0.25, 0.3) is 10.9 Å². The van der Waals surface area contributed by atoms with Gasteiger partial charge in [-0.25, -0.2) is 0 Å². The molecule has 3 aromatic rings. The van der Waals surface area contributed by atoms with E-state index in [-0.39, 0.29) is 10.8 Å². The molecule has 1 aromatic heterocycles. The average Bonchev–Trinajstić information content (AvgIpc) is 3.24. The van der Waals surface area contributed by atoms with Crippen LogP contribution >= 0.6 is 0 Å². The number of hydrogen-bond acceptors (Lipinski definition) is 3. The SMILES string of the molecule is CC1(C)CC2CC(C)(CN2C(C(=O)O)c2c[nH]c3cc(OCc4ccccc4)ccc23)C1. The number of H-pyrrole nitrogens is 1. The summed E-state index contributed by atoms with van der Waals surface area (Å²) in [6, 6.07) is 15.6.